The minimum absolute atomic E-state index is 0.0179. The van der Waals surface area contributed by atoms with Gasteiger partial charge in [0.05, 0.1) is 53.5 Å². The molecule has 3 fully saturated rings. The average Bonchev–Trinajstić information content (AvgIpc) is 3.69. The predicted molar refractivity (Wildman–Crippen MR) is 142 cm³/mol. The van der Waals surface area contributed by atoms with Crippen LogP contribution in [0.3, 0.4) is 0 Å². The predicted octanol–water partition coefficient (Wildman–Crippen LogP) is 2.64. The highest BCUT2D eigenvalue weighted by Gasteiger charge is 2.84. The van der Waals surface area contributed by atoms with Crippen molar-refractivity contribution in [3.05, 3.63) is 48.3 Å². The van der Waals surface area contributed by atoms with E-state index in [-0.39, 0.29) is 24.0 Å². The molecule has 3 heterocycles. The Bertz CT molecular complexity index is 1300. The summed E-state index contributed by atoms with van der Waals surface area (Å²) in [6.45, 7) is 7.46. The van der Waals surface area contributed by atoms with Gasteiger partial charge in [0.15, 0.2) is 6.10 Å². The molecule has 1 spiro atoms. The summed E-state index contributed by atoms with van der Waals surface area (Å²) < 4.78 is 34.6. The van der Waals surface area contributed by atoms with Gasteiger partial charge in [-0.25, -0.2) is 9.59 Å². The number of hydrogen-bond donors (Lipinski definition) is 3. The van der Waals surface area contributed by atoms with Gasteiger partial charge < -0.3 is 43.1 Å². The molecule has 9 atom stereocenters. The summed E-state index contributed by atoms with van der Waals surface area (Å²) in [5.74, 6) is -3.52. The van der Waals surface area contributed by atoms with Crippen LogP contribution in [0.4, 0.5) is 0 Å². The largest absolute Gasteiger partial charge is 0.472 e. The molecule has 5 rings (SSSR count). The number of aliphatic hydroxyl groups excluding tert-OH is 2. The topological polar surface area (TPSA) is 175 Å². The number of ether oxygens (including phenoxy) is 4. The Balaban J connectivity index is 1.70. The normalized spacial score (nSPS) is 37.4. The molecule has 0 aromatic carbocycles. The Labute approximate surface area is 242 Å². The van der Waals surface area contributed by atoms with Gasteiger partial charge in [-0.1, -0.05) is 13.8 Å². The van der Waals surface area contributed by atoms with Crippen LogP contribution in [0, 0.1) is 17.3 Å². The van der Waals surface area contributed by atoms with Gasteiger partial charge in [-0.15, -0.1) is 0 Å². The number of aliphatic hydroxyl groups is 3. The summed E-state index contributed by atoms with van der Waals surface area (Å²) in [5, 5.41) is 35.5. The number of esters is 3. The molecule has 3 aliphatic rings. The third kappa shape index (κ3) is 4.30. The molecule has 1 saturated heterocycles. The first kappa shape index (κ1) is 30.3. The Morgan fingerprint density at radius 3 is 2.14 bits per heavy atom. The van der Waals surface area contributed by atoms with Crippen LogP contribution in [-0.2, 0) is 23.7 Å². The molecular weight excluding hydrogens is 552 g/mol. The minimum atomic E-state index is -2.01. The van der Waals surface area contributed by atoms with Crippen LogP contribution in [0.25, 0.3) is 0 Å². The Morgan fingerprint density at radius 1 is 1.02 bits per heavy atom. The number of fused-ring (bicyclic) bond motifs is 1. The van der Waals surface area contributed by atoms with Crippen LogP contribution in [-0.4, -0.2) is 81.1 Å². The van der Waals surface area contributed by atoms with E-state index in [0.717, 1.165) is 0 Å². The van der Waals surface area contributed by atoms with E-state index >= 15 is 0 Å². The van der Waals surface area contributed by atoms with Gasteiger partial charge in [0.25, 0.3) is 0 Å². The number of hydrogen-bond acceptors (Lipinski definition) is 12. The van der Waals surface area contributed by atoms with E-state index in [0.29, 0.717) is 6.42 Å². The van der Waals surface area contributed by atoms with Crippen LogP contribution in [0.1, 0.15) is 74.6 Å². The second-order valence-corrected chi connectivity index (χ2v) is 12.4. The number of carbonyl (C=O) groups excluding carboxylic acids is 3. The lowest BCUT2D eigenvalue weighted by molar-refractivity contribution is -0.354. The zero-order chi connectivity index (χ0) is 30.7. The Morgan fingerprint density at radius 2 is 1.62 bits per heavy atom. The van der Waals surface area contributed by atoms with Crippen LogP contribution >= 0.6 is 0 Å². The summed E-state index contributed by atoms with van der Waals surface area (Å²) in [6, 6.07) is 2.79. The fraction of sp³-hybridized carbons (Fsp3) is 0.633. The van der Waals surface area contributed by atoms with Crippen molar-refractivity contribution >= 4 is 17.9 Å². The van der Waals surface area contributed by atoms with Crippen molar-refractivity contribution in [3.8, 4) is 0 Å². The monoisotopic (exact) mass is 590 g/mol. The maximum atomic E-state index is 13.4. The van der Waals surface area contributed by atoms with Crippen molar-refractivity contribution in [2.75, 3.05) is 6.61 Å². The van der Waals surface area contributed by atoms with Crippen molar-refractivity contribution in [1.82, 2.24) is 0 Å². The van der Waals surface area contributed by atoms with E-state index in [2.05, 4.69) is 0 Å². The molecule has 2 aromatic heterocycles. The molecular formula is C30H38O12. The maximum absolute atomic E-state index is 13.4. The summed E-state index contributed by atoms with van der Waals surface area (Å²) >= 11 is 0. The Kier molecular flexibility index (Phi) is 7.58. The first-order chi connectivity index (χ1) is 19.8. The fourth-order valence-corrected chi connectivity index (χ4v) is 7.30. The number of carbonyl (C=O) groups is 3. The van der Waals surface area contributed by atoms with E-state index in [9.17, 15) is 29.7 Å². The second-order valence-electron chi connectivity index (χ2n) is 12.4. The molecule has 12 heteroatoms. The SMILES string of the molecule is CCC(C)C(=O)O[C@H]1[C@@H](OC(=O)c2ccoc2)C[C@](C)(O)[C@]23OC(C)(C)[C@H](C[C@H](OC(=O)c4ccoc4)[C@]12CO)[C@H]3O. The highest BCUT2D eigenvalue weighted by atomic mass is 16.6. The average molecular weight is 591 g/mol. The summed E-state index contributed by atoms with van der Waals surface area (Å²) in [5.41, 5.74) is -6.88. The zero-order valence-electron chi connectivity index (χ0n) is 24.3. The van der Waals surface area contributed by atoms with Crippen molar-refractivity contribution in [1.29, 1.82) is 0 Å². The highest BCUT2D eigenvalue weighted by molar-refractivity contribution is 5.89. The molecule has 2 aromatic rings. The molecule has 0 radical (unpaired) electrons. The van der Waals surface area contributed by atoms with Crippen LogP contribution < -0.4 is 0 Å². The molecule has 42 heavy (non-hydrogen) atoms. The molecule has 12 nitrogen and oxygen atoms in total. The lowest BCUT2D eigenvalue weighted by atomic mass is 9.46. The third-order valence-electron chi connectivity index (χ3n) is 9.63. The van der Waals surface area contributed by atoms with E-state index in [4.69, 9.17) is 27.8 Å². The van der Waals surface area contributed by atoms with Crippen molar-refractivity contribution in [3.63, 3.8) is 0 Å². The van der Waals surface area contributed by atoms with Crippen molar-refractivity contribution in [2.24, 2.45) is 17.3 Å². The van der Waals surface area contributed by atoms with Crippen molar-refractivity contribution in [2.45, 2.75) is 95.1 Å². The van der Waals surface area contributed by atoms with E-state index < -0.39 is 83.0 Å². The van der Waals surface area contributed by atoms with Crippen LogP contribution in [0.15, 0.2) is 46.0 Å². The van der Waals surface area contributed by atoms with Gasteiger partial charge in [0.2, 0.25) is 0 Å². The van der Waals surface area contributed by atoms with Gasteiger partial charge in [0, 0.05) is 12.3 Å². The molecule has 1 aliphatic heterocycles. The van der Waals surface area contributed by atoms with Gasteiger partial charge in [-0.05, 0) is 45.7 Å². The summed E-state index contributed by atoms with van der Waals surface area (Å²) in [4.78, 5) is 39.8. The van der Waals surface area contributed by atoms with E-state index in [1.165, 1.54) is 44.1 Å². The third-order valence-corrected chi connectivity index (χ3v) is 9.63. The molecule has 2 aliphatic carbocycles. The molecule has 0 amide bonds. The van der Waals surface area contributed by atoms with E-state index in [1.807, 2.05) is 0 Å². The summed E-state index contributed by atoms with van der Waals surface area (Å²) in [6.07, 6.45) is -0.466. The minimum Gasteiger partial charge on any atom is -0.472 e. The molecule has 2 bridgehead atoms. The number of rotatable bonds is 8. The maximum Gasteiger partial charge on any atom is 0.341 e. The highest BCUT2D eigenvalue weighted by Crippen LogP contribution is 2.68. The zero-order valence-corrected chi connectivity index (χ0v) is 24.3. The van der Waals surface area contributed by atoms with Crippen LogP contribution in [0.2, 0.25) is 0 Å². The summed E-state index contributed by atoms with van der Waals surface area (Å²) in [7, 11) is 0. The standard InChI is InChI=1S/C30H38O12/c1-6-16(2)24(33)41-23-20(39-25(34)17-7-9-37-13-17)12-28(5,36)30-22(32)19(27(3,4)42-30)11-21(29(23,30)15-31)40-26(35)18-8-10-38-14-18/h7-10,13-14,16,19-23,31-32,36H,6,11-12,15H2,1-5H3/t16?,19-,20+,21+,22-,23+,28+,29-,30+/m1/s1. The number of furan rings is 2. The van der Waals surface area contributed by atoms with Crippen molar-refractivity contribution < 1.29 is 57.5 Å². The molecule has 230 valence electrons. The Hall–Kier alpha value is -3.19. The van der Waals surface area contributed by atoms with Gasteiger partial charge in [-0.2, -0.15) is 0 Å². The smallest absolute Gasteiger partial charge is 0.341 e. The lowest BCUT2D eigenvalue weighted by Gasteiger charge is -2.65. The quantitative estimate of drug-likeness (QED) is 0.303. The molecule has 2 saturated carbocycles. The first-order valence-corrected chi connectivity index (χ1v) is 14.1. The van der Waals surface area contributed by atoms with Gasteiger partial charge >= 0.3 is 17.9 Å². The van der Waals surface area contributed by atoms with Gasteiger partial charge in [-0.3, -0.25) is 4.79 Å². The second kappa shape index (κ2) is 10.5. The van der Waals surface area contributed by atoms with Gasteiger partial charge in [0.1, 0.15) is 35.8 Å². The molecule has 1 unspecified atom stereocenters. The van der Waals surface area contributed by atoms with E-state index in [1.54, 1.807) is 27.7 Å². The lowest BCUT2D eigenvalue weighted by Crippen LogP contribution is -2.83. The first-order valence-electron chi connectivity index (χ1n) is 14.1. The fourth-order valence-electron chi connectivity index (χ4n) is 7.30. The molecule has 3 N–H and O–H groups in total. The van der Waals surface area contributed by atoms with Crippen LogP contribution in [0.5, 0.6) is 0 Å².